The molecule has 125 heavy (non-hydrogen) atoms. The summed E-state index contributed by atoms with van der Waals surface area (Å²) in [6.45, 7) is 1.55. The van der Waals surface area contributed by atoms with Gasteiger partial charge in [0.15, 0.2) is 104 Å². The van der Waals surface area contributed by atoms with Gasteiger partial charge in [-0.15, -0.1) is 0 Å². The van der Waals surface area contributed by atoms with Gasteiger partial charge in [0, 0.05) is 12.4 Å². The number of aromatic amines is 4. The molecule has 0 radical (unpaired) electrons. The van der Waals surface area contributed by atoms with Crippen molar-refractivity contribution in [1.29, 1.82) is 0 Å². The van der Waals surface area contributed by atoms with E-state index in [9.17, 15) is 117 Å². The van der Waals surface area contributed by atoms with Gasteiger partial charge < -0.3 is 139 Å². The van der Waals surface area contributed by atoms with Crippen LogP contribution in [0.1, 0.15) is 65.8 Å². The van der Waals surface area contributed by atoms with Gasteiger partial charge in [-0.25, -0.2) is 51.3 Å². The van der Waals surface area contributed by atoms with Crippen LogP contribution >= 0.6 is 12.2 Å². The van der Waals surface area contributed by atoms with Crippen LogP contribution < -0.4 is 45.3 Å². The Morgan fingerprint density at radius 2 is 0.784 bits per heavy atom. The molecule has 53 heteroatoms. The second kappa shape index (κ2) is 37.1. The number of imidazole rings is 3. The summed E-state index contributed by atoms with van der Waals surface area (Å²) in [6.07, 6.45) is -19.4. The summed E-state index contributed by atoms with van der Waals surface area (Å²) in [5.41, 5.74) is 15.5. The highest BCUT2D eigenvalue weighted by molar-refractivity contribution is 7.71. The van der Waals surface area contributed by atoms with E-state index in [2.05, 4.69) is 112 Å². The molecule has 0 saturated carbocycles. The summed E-state index contributed by atoms with van der Waals surface area (Å²) in [5.74, 6) is 19.8. The first kappa shape index (κ1) is 93.8. The molecule has 5 unspecified atom stereocenters. The van der Waals surface area contributed by atoms with E-state index in [1.54, 1.807) is 0 Å². The van der Waals surface area contributed by atoms with Crippen molar-refractivity contribution in [2.24, 2.45) is 0 Å². The van der Waals surface area contributed by atoms with Crippen molar-refractivity contribution in [3.05, 3.63) is 85.2 Å². The second-order valence-corrected chi connectivity index (χ2v) is 29.0. The molecule has 15 heterocycles. The van der Waals surface area contributed by atoms with E-state index in [1.165, 1.54) is 79.4 Å². The number of alkyl halides is 5. The maximum Gasteiger partial charge on any atom is 0.280 e. The molecule has 15 rings (SSSR count). The number of nitrogens with one attached hydrogen (secondary N) is 4. The number of H-pyrrole nitrogens is 4. The molecule has 5 aliphatic rings. The van der Waals surface area contributed by atoms with E-state index < -0.39 is 212 Å². The standard InChI is InChI=1S/C15H16F2N4O5.C15H17FN4O5.C14H16FN5O5.C14H16FN5O4S.C14H16FN5O4/c1-6(22)9-10(23)15(25,3-2-4-16)13(26-9)21-5-7(17)8-11(21)19-14(18)20-12(8)24;1-7(21)9-10(22)15(24,4-2-5-16)13(25-9)20-6-3-8-11(20)18-14(17)19-12(8)23;1-6(21)8-9(22)14(24,3-2-4-15)12(25-8)20-5-17-7-10(20)18-13(16)19-11(7)23;1-6(21)8-9(22)14(23,3-2-4-15)12(24-8)20-5-17-7-10(20)18-13(16)19-11(7)25;1-7(21)9-10(22)14(23,3-2-4-15)12(24-9)20-6-18-8-5-17-13(16)19-11(8)20/h5-6,9-10,13,22-23,25H,4H2,1H3,(H3,18,19,20,24);3,6-7,9-10,13,21-22,24H,5H2,1H3,(H3,17,18,19,23);5-6,8-9,12,21-22,24H,4H2,1H3,(H3,16,18,19,23);5-6,8-9,12,21-23H,4H2,1H3,(H3,16,18,19,25);5-7,9-10,12,21-23H,4H2,1H3,(H2,16,17,19)/t6-,9+,10-,13+,15?;7-,9+,10-,13+,15?;2*6-,8+,9-,12+,14?;7-,9+,10-,12+,14?/m00000/s1. The summed E-state index contributed by atoms with van der Waals surface area (Å²) in [4.78, 5) is 80.8. The molecular weight excluding hydrogens is 1700 g/mol. The Morgan fingerprint density at radius 1 is 0.440 bits per heavy atom. The lowest BCUT2D eigenvalue weighted by molar-refractivity contribution is -0.0847. The van der Waals surface area contributed by atoms with Crippen LogP contribution in [0.4, 0.5) is 56.1 Å². The summed E-state index contributed by atoms with van der Waals surface area (Å²) in [6, 6.07) is 1.43. The minimum absolute atomic E-state index is 0.0169. The van der Waals surface area contributed by atoms with Crippen LogP contribution in [0, 0.1) is 69.7 Å². The third kappa shape index (κ3) is 17.6. The lowest BCUT2D eigenvalue weighted by Gasteiger charge is -2.26. The first-order chi connectivity index (χ1) is 59.0. The smallest absolute Gasteiger partial charge is 0.280 e. The zero-order valence-corrected chi connectivity index (χ0v) is 66.2. The maximum atomic E-state index is 14.2. The second-order valence-electron chi connectivity index (χ2n) is 28.6. The summed E-state index contributed by atoms with van der Waals surface area (Å²) in [5, 5.41) is 155. The van der Waals surface area contributed by atoms with Crippen molar-refractivity contribution in [2.45, 2.75) is 185 Å². The molecule has 0 bridgehead atoms. The summed E-state index contributed by atoms with van der Waals surface area (Å²) in [7, 11) is 0. The molecule has 5 aliphatic heterocycles. The predicted octanol–water partition coefficient (Wildman–Crippen LogP) is -6.35. The molecule has 0 spiro atoms. The number of hydrogen-bond donors (Lipinski definition) is 24. The minimum atomic E-state index is -2.40. The van der Waals surface area contributed by atoms with Gasteiger partial charge in [0.25, 0.3) is 16.7 Å². The van der Waals surface area contributed by atoms with E-state index >= 15 is 0 Å². The van der Waals surface area contributed by atoms with Crippen LogP contribution in [-0.2, 0) is 23.7 Å². The van der Waals surface area contributed by atoms with E-state index in [1.807, 2.05) is 11.8 Å². The summed E-state index contributed by atoms with van der Waals surface area (Å²) < 4.78 is 111. The number of anilines is 5. The fraction of sp³-hybridized carbons (Fsp3) is 0.486. The Balaban J connectivity index is 0.000000152. The molecule has 25 atom stereocenters. The van der Waals surface area contributed by atoms with E-state index in [0.717, 1.165) is 21.7 Å². The number of aliphatic hydroxyl groups is 15. The molecule has 0 aromatic carbocycles. The van der Waals surface area contributed by atoms with Gasteiger partial charge in [0.1, 0.15) is 116 Å². The highest BCUT2D eigenvalue weighted by Crippen LogP contribution is 2.46. The van der Waals surface area contributed by atoms with Gasteiger partial charge in [-0.1, -0.05) is 71.4 Å². The number of nitrogens with two attached hydrogens (primary N) is 5. The third-order valence-corrected chi connectivity index (χ3v) is 20.3. The summed E-state index contributed by atoms with van der Waals surface area (Å²) >= 11 is 5.09. The van der Waals surface area contributed by atoms with Crippen molar-refractivity contribution in [3.63, 3.8) is 0 Å². The third-order valence-electron chi connectivity index (χ3n) is 20.0. The number of halogens is 6. The predicted molar refractivity (Wildman–Crippen MR) is 420 cm³/mol. The van der Waals surface area contributed by atoms with E-state index in [0.29, 0.717) is 11.0 Å². The normalized spacial score (nSPS) is 30.2. The Kier molecular flexibility index (Phi) is 27.8. The molecule has 10 aromatic rings. The van der Waals surface area contributed by atoms with Crippen molar-refractivity contribution in [3.8, 4) is 59.2 Å². The number of rotatable bonds is 10. The molecule has 0 amide bonds. The first-order valence-corrected chi connectivity index (χ1v) is 37.2. The topological polar surface area (TPSA) is 735 Å². The number of nitrogens with zero attached hydrogens (tertiary/aromatic N) is 14. The van der Waals surface area contributed by atoms with E-state index in [4.69, 9.17) is 64.6 Å². The monoisotopic (exact) mass is 1780 g/mol. The van der Waals surface area contributed by atoms with Gasteiger partial charge in [-0.3, -0.25) is 47.6 Å². The van der Waals surface area contributed by atoms with Crippen LogP contribution in [0.2, 0.25) is 0 Å². The van der Waals surface area contributed by atoms with Crippen LogP contribution in [0.15, 0.2) is 58.0 Å². The van der Waals surface area contributed by atoms with E-state index in [-0.39, 0.29) is 73.5 Å². The SMILES string of the molecule is C[C@H](O)[C@H]1O[C@@H](n2cc(F)c3c(=O)[nH]c(N)nc32)C(O)(C#CCF)[C@H]1O.C[C@H](O)[C@H]1O[C@@H](n2ccc3c(=O)[nH]c(N)nc32)C(O)(C#CCF)[C@H]1O.C[C@H](O)[C@H]1O[C@@H](n2cnc3c(=O)[nH]c(N)nc32)C(O)(C#CCF)[C@H]1O.C[C@H](O)[C@H]1O[C@@H](n2cnc3c(=S)nc(N)[nH]c32)C(O)(C#CCF)[C@H]1O.C[C@H](O)[C@H]1O[C@@H](n2cnc3cnc(N)nc32)C(O)(C#CCF)[C@H]1O. The fourth-order valence-electron chi connectivity index (χ4n) is 14.3. The zero-order valence-electron chi connectivity index (χ0n) is 65.4. The Hall–Kier alpha value is -11.9. The van der Waals surface area contributed by atoms with Crippen molar-refractivity contribution in [2.75, 3.05) is 62.0 Å². The van der Waals surface area contributed by atoms with Crippen LogP contribution in [0.3, 0.4) is 0 Å². The van der Waals surface area contributed by atoms with Gasteiger partial charge in [0.2, 0.25) is 23.8 Å². The van der Waals surface area contributed by atoms with Crippen molar-refractivity contribution < 1.29 is 127 Å². The Bertz CT molecular complexity index is 5900. The lowest BCUT2D eigenvalue weighted by atomic mass is 9.92. The van der Waals surface area contributed by atoms with Gasteiger partial charge in [-0.05, 0) is 40.7 Å². The number of hydrogen-bond acceptors (Lipinski definition) is 38. The average molecular weight is 1780 g/mol. The highest BCUT2D eigenvalue weighted by atomic mass is 32.1. The molecule has 46 nitrogen and oxygen atoms in total. The molecule has 670 valence electrons. The number of ether oxygens (including phenoxy) is 5. The number of aliphatic hydroxyl groups excluding tert-OH is 10. The Labute approximate surface area is 700 Å². The van der Waals surface area contributed by atoms with Crippen LogP contribution in [0.25, 0.3) is 55.6 Å². The molecule has 5 fully saturated rings. The minimum Gasteiger partial charge on any atom is -0.391 e. The zero-order chi connectivity index (χ0) is 91.8. The van der Waals surface area contributed by atoms with Gasteiger partial charge in [-0.2, -0.15) is 19.9 Å². The maximum absolute atomic E-state index is 14.2. The lowest BCUT2D eigenvalue weighted by Crippen LogP contribution is -2.47. The first-order valence-electron chi connectivity index (χ1n) is 36.8. The van der Waals surface area contributed by atoms with Gasteiger partial charge >= 0.3 is 0 Å². The number of nitrogen functional groups attached to an aromatic ring is 5. The quantitative estimate of drug-likeness (QED) is 0.0344. The number of aromatic nitrogens is 18. The van der Waals surface area contributed by atoms with Gasteiger partial charge in [0.05, 0.1) is 61.1 Å². The van der Waals surface area contributed by atoms with Crippen molar-refractivity contribution in [1.82, 2.24) is 87.6 Å². The van der Waals surface area contributed by atoms with Crippen LogP contribution in [-0.4, -0.2) is 317 Å². The van der Waals surface area contributed by atoms with Crippen LogP contribution in [0.5, 0.6) is 0 Å². The molecule has 5 saturated heterocycles. The molecular formula is C72H81F6N23O23S. The fourth-order valence-corrected chi connectivity index (χ4v) is 14.5. The molecule has 10 aromatic heterocycles. The molecule has 29 N–H and O–H groups in total. The highest BCUT2D eigenvalue weighted by Gasteiger charge is 2.62. The number of fused-ring (bicyclic) bond motifs is 5. The van der Waals surface area contributed by atoms with Crippen molar-refractivity contribution >= 4 is 97.5 Å². The Morgan fingerprint density at radius 3 is 1.21 bits per heavy atom. The molecule has 0 aliphatic carbocycles. The largest absolute Gasteiger partial charge is 0.391 e. The average Bonchev–Trinajstić information content (AvgIpc) is 1.61.